The molecule has 1 N–H and O–H groups in total. The van der Waals surface area contributed by atoms with E-state index in [1.807, 2.05) is 6.92 Å². The maximum absolute atomic E-state index is 13.1. The average molecular weight is 490 g/mol. The van der Waals surface area contributed by atoms with Crippen molar-refractivity contribution in [2.45, 2.75) is 32.8 Å². The Labute approximate surface area is 200 Å². The van der Waals surface area contributed by atoms with Crippen LogP contribution in [0.5, 0.6) is 10.9 Å². The van der Waals surface area contributed by atoms with Crippen molar-refractivity contribution >= 4 is 34.0 Å². The lowest BCUT2D eigenvalue weighted by molar-refractivity contribution is 0.0341. The third-order valence-electron chi connectivity index (χ3n) is 5.19. The van der Waals surface area contributed by atoms with Gasteiger partial charge in [0.05, 0.1) is 37.7 Å². The highest BCUT2D eigenvalue weighted by molar-refractivity contribution is 7.17. The first-order valence-electron chi connectivity index (χ1n) is 10.3. The van der Waals surface area contributed by atoms with E-state index in [0.29, 0.717) is 51.9 Å². The fourth-order valence-corrected chi connectivity index (χ4v) is 4.45. The Morgan fingerprint density at radius 3 is 2.82 bits per heavy atom. The molecule has 0 bridgehead atoms. The topological polar surface area (TPSA) is 108 Å². The van der Waals surface area contributed by atoms with Crippen LogP contribution in [0.15, 0.2) is 24.5 Å². The van der Waals surface area contributed by atoms with Crippen LogP contribution < -0.4 is 14.8 Å². The lowest BCUT2D eigenvalue weighted by atomic mass is 9.99. The standard InChI is InChI=1S/C22H24ClN5O4S/c1-12-5-14(15-6-18(23)25-9-17(15)30-4)16(8-24-12)19(29)26-20-27-28-21(33-20)31-10-13-7-22(2,3)32-11-13/h5-6,8-9,13H,7,10-11H2,1-4H3,(H,26,27,29). The first-order chi connectivity index (χ1) is 15.7. The van der Waals surface area contributed by atoms with Gasteiger partial charge in [0.15, 0.2) is 0 Å². The van der Waals surface area contributed by atoms with E-state index in [2.05, 4.69) is 39.3 Å². The minimum absolute atomic E-state index is 0.129. The zero-order chi connectivity index (χ0) is 23.6. The van der Waals surface area contributed by atoms with Crippen molar-refractivity contribution < 1.29 is 19.0 Å². The van der Waals surface area contributed by atoms with E-state index in [1.54, 1.807) is 12.1 Å². The normalized spacial score (nSPS) is 17.1. The Balaban J connectivity index is 1.49. The van der Waals surface area contributed by atoms with Crippen molar-refractivity contribution in [2.24, 2.45) is 5.92 Å². The summed E-state index contributed by atoms with van der Waals surface area (Å²) in [4.78, 5) is 21.4. The van der Waals surface area contributed by atoms with Gasteiger partial charge in [0.2, 0.25) is 5.13 Å². The summed E-state index contributed by atoms with van der Waals surface area (Å²) in [7, 11) is 1.53. The van der Waals surface area contributed by atoms with Gasteiger partial charge < -0.3 is 14.2 Å². The van der Waals surface area contributed by atoms with Crippen molar-refractivity contribution in [1.82, 2.24) is 20.2 Å². The summed E-state index contributed by atoms with van der Waals surface area (Å²) >= 11 is 7.26. The van der Waals surface area contributed by atoms with Gasteiger partial charge in [0.1, 0.15) is 10.9 Å². The Kier molecular flexibility index (Phi) is 6.78. The highest BCUT2D eigenvalue weighted by Crippen LogP contribution is 2.35. The molecule has 33 heavy (non-hydrogen) atoms. The zero-order valence-corrected chi connectivity index (χ0v) is 20.3. The van der Waals surface area contributed by atoms with Crippen LogP contribution in [0.4, 0.5) is 5.13 Å². The number of hydrogen-bond donors (Lipinski definition) is 1. The first-order valence-corrected chi connectivity index (χ1v) is 11.5. The summed E-state index contributed by atoms with van der Waals surface area (Å²) < 4.78 is 16.9. The first kappa shape index (κ1) is 23.3. The molecule has 1 saturated heterocycles. The van der Waals surface area contributed by atoms with Crippen molar-refractivity contribution in [3.8, 4) is 22.1 Å². The van der Waals surface area contributed by atoms with Gasteiger partial charge in [-0.1, -0.05) is 16.7 Å². The fourth-order valence-electron chi connectivity index (χ4n) is 3.69. The van der Waals surface area contributed by atoms with Crippen LogP contribution in [0.25, 0.3) is 11.1 Å². The Morgan fingerprint density at radius 1 is 1.27 bits per heavy atom. The van der Waals surface area contributed by atoms with E-state index in [0.717, 1.165) is 23.5 Å². The molecular formula is C22H24ClN5O4S. The van der Waals surface area contributed by atoms with Gasteiger partial charge in [-0.25, -0.2) is 4.98 Å². The number of nitrogens with zero attached hydrogens (tertiary/aromatic N) is 4. The number of methoxy groups -OCH3 is 1. The largest absolute Gasteiger partial charge is 0.494 e. The highest BCUT2D eigenvalue weighted by atomic mass is 35.5. The Hall–Kier alpha value is -2.82. The molecular weight excluding hydrogens is 466 g/mol. The molecule has 1 atom stereocenters. The van der Waals surface area contributed by atoms with Crippen LogP contribution in [0.1, 0.15) is 36.3 Å². The number of aryl methyl sites for hydroxylation is 1. The lowest BCUT2D eigenvalue weighted by Gasteiger charge is -2.15. The van der Waals surface area contributed by atoms with E-state index in [1.165, 1.54) is 19.5 Å². The summed E-state index contributed by atoms with van der Waals surface area (Å²) in [6.45, 7) is 7.11. The molecule has 174 valence electrons. The molecule has 4 rings (SSSR count). The van der Waals surface area contributed by atoms with Crippen molar-refractivity contribution in [1.29, 1.82) is 0 Å². The van der Waals surface area contributed by atoms with Gasteiger partial charge in [-0.05, 0) is 50.7 Å². The number of carbonyl (C=O) groups is 1. The quantitative estimate of drug-likeness (QED) is 0.486. The van der Waals surface area contributed by atoms with Gasteiger partial charge in [0, 0.05) is 28.9 Å². The third-order valence-corrected chi connectivity index (χ3v) is 6.15. The molecule has 4 heterocycles. The smallest absolute Gasteiger partial charge is 0.295 e. The second-order valence-electron chi connectivity index (χ2n) is 8.36. The molecule has 3 aromatic heterocycles. The van der Waals surface area contributed by atoms with Gasteiger partial charge >= 0.3 is 0 Å². The molecule has 0 aliphatic carbocycles. The van der Waals surface area contributed by atoms with Crippen molar-refractivity contribution in [2.75, 3.05) is 25.6 Å². The molecule has 0 saturated carbocycles. The van der Waals surface area contributed by atoms with Crippen LogP contribution in [0, 0.1) is 12.8 Å². The van der Waals surface area contributed by atoms with Crippen LogP contribution in [-0.2, 0) is 4.74 Å². The molecule has 0 aromatic carbocycles. The monoisotopic (exact) mass is 489 g/mol. The van der Waals surface area contributed by atoms with E-state index in [9.17, 15) is 4.79 Å². The highest BCUT2D eigenvalue weighted by Gasteiger charge is 2.32. The van der Waals surface area contributed by atoms with Crippen LogP contribution >= 0.6 is 22.9 Å². The number of amides is 1. The predicted molar refractivity (Wildman–Crippen MR) is 125 cm³/mol. The van der Waals surface area contributed by atoms with E-state index < -0.39 is 0 Å². The van der Waals surface area contributed by atoms with E-state index in [4.69, 9.17) is 25.8 Å². The summed E-state index contributed by atoms with van der Waals surface area (Å²) in [6, 6.07) is 3.44. The second kappa shape index (κ2) is 9.58. The molecule has 3 aromatic rings. The van der Waals surface area contributed by atoms with Crippen molar-refractivity contribution in [3.05, 3.63) is 40.9 Å². The number of nitrogens with one attached hydrogen (secondary N) is 1. The molecule has 0 spiro atoms. The number of hydrogen-bond acceptors (Lipinski definition) is 9. The number of rotatable bonds is 7. The van der Waals surface area contributed by atoms with Crippen molar-refractivity contribution in [3.63, 3.8) is 0 Å². The average Bonchev–Trinajstić information content (AvgIpc) is 3.37. The molecule has 9 nitrogen and oxygen atoms in total. The van der Waals surface area contributed by atoms with Crippen LogP contribution in [0.3, 0.4) is 0 Å². The minimum atomic E-state index is -0.388. The minimum Gasteiger partial charge on any atom is -0.494 e. The number of carbonyl (C=O) groups excluding carboxylic acids is 1. The predicted octanol–water partition coefficient (Wildman–Crippen LogP) is 4.41. The molecule has 1 aliphatic heterocycles. The van der Waals surface area contributed by atoms with Gasteiger partial charge in [-0.2, -0.15) is 0 Å². The number of aromatic nitrogens is 4. The van der Waals surface area contributed by atoms with Crippen LogP contribution in [0.2, 0.25) is 5.15 Å². The molecule has 1 fully saturated rings. The summed E-state index contributed by atoms with van der Waals surface area (Å²) in [5.74, 6) is 0.399. The zero-order valence-electron chi connectivity index (χ0n) is 18.7. The van der Waals surface area contributed by atoms with Gasteiger partial charge in [0.25, 0.3) is 11.1 Å². The number of anilines is 1. The number of halogens is 1. The molecule has 0 radical (unpaired) electrons. The Bertz CT molecular complexity index is 1170. The third kappa shape index (κ3) is 5.58. The number of pyridine rings is 2. The van der Waals surface area contributed by atoms with Crippen LogP contribution in [-0.4, -0.2) is 52.0 Å². The maximum atomic E-state index is 13.1. The Morgan fingerprint density at radius 2 is 2.09 bits per heavy atom. The van der Waals surface area contributed by atoms with Gasteiger partial charge in [-0.3, -0.25) is 15.1 Å². The molecule has 11 heteroatoms. The maximum Gasteiger partial charge on any atom is 0.295 e. The lowest BCUT2D eigenvalue weighted by Crippen LogP contribution is -2.18. The fraction of sp³-hybridized carbons (Fsp3) is 0.409. The molecule has 1 unspecified atom stereocenters. The van der Waals surface area contributed by atoms with E-state index >= 15 is 0 Å². The molecule has 1 amide bonds. The summed E-state index contributed by atoms with van der Waals surface area (Å²) in [5, 5.41) is 11.8. The van der Waals surface area contributed by atoms with Gasteiger partial charge in [-0.15, -0.1) is 5.10 Å². The van der Waals surface area contributed by atoms with E-state index in [-0.39, 0.29) is 16.7 Å². The molecule has 1 aliphatic rings. The summed E-state index contributed by atoms with van der Waals surface area (Å²) in [5.41, 5.74) is 2.20. The second-order valence-corrected chi connectivity index (χ2v) is 9.68. The summed E-state index contributed by atoms with van der Waals surface area (Å²) in [6.07, 6.45) is 3.94. The number of ether oxygens (including phenoxy) is 3. The SMILES string of the molecule is COc1cnc(Cl)cc1-c1cc(C)ncc1C(=O)Nc1nnc(OCC2COC(C)(C)C2)s1.